The molecule has 0 aliphatic carbocycles. The highest BCUT2D eigenvalue weighted by Gasteiger charge is 2.41. The van der Waals surface area contributed by atoms with E-state index in [1.54, 1.807) is 0 Å². The average Bonchev–Trinajstić information content (AvgIpc) is 1.71. The summed E-state index contributed by atoms with van der Waals surface area (Å²) < 4.78 is 9.66. The van der Waals surface area contributed by atoms with Crippen LogP contribution in [-0.4, -0.2) is 26.3 Å². The lowest BCUT2D eigenvalue weighted by atomic mass is 9.98. The Kier molecular flexibility index (Phi) is 16.2. The lowest BCUT2D eigenvalue weighted by Gasteiger charge is -2.34. The summed E-state index contributed by atoms with van der Waals surface area (Å²) in [5.41, 5.74) is 24.0. The largest absolute Gasteiger partial charge is 0.309 e. The van der Waals surface area contributed by atoms with Crippen molar-refractivity contribution in [3.05, 3.63) is 449 Å². The lowest BCUT2D eigenvalue weighted by Crippen LogP contribution is -2.74. The maximum atomic E-state index is 2.47. The summed E-state index contributed by atoms with van der Waals surface area (Å²) in [6.07, 6.45) is 0. The number of hydrogen-bond donors (Lipinski definition) is 0. The van der Waals surface area contributed by atoms with E-state index in [4.69, 9.17) is 0 Å². The van der Waals surface area contributed by atoms with Crippen LogP contribution >= 0.6 is 0 Å². The Labute approximate surface area is 667 Å². The van der Waals surface area contributed by atoms with Gasteiger partial charge in [0.25, 0.3) is 0 Å². The number of para-hydroxylation sites is 4. The van der Waals surface area contributed by atoms with E-state index in [1.807, 2.05) is 0 Å². The SMILES string of the molecule is c1ccc(-c2ccc(-n3c4ccccc4c4cc(-c5ccc(-c6ccc7c(c6)c6ccccc6n7-c6cccc([Si](c7ccccc7)(c7ccccc7)c7ccccc7)c6)cc5)ccc43)cc2)cc1.c1ccc(-n2c3ccccc3c3cc(-c4ccc(-n5c6ccc7ccccc7c6c6c7ccccc7ccc65)cc4)ccc32)cc1. The van der Waals surface area contributed by atoms with Crippen molar-refractivity contribution in [2.75, 3.05) is 0 Å². The molecule has 4 heterocycles. The van der Waals surface area contributed by atoms with E-state index in [1.165, 1.54) is 180 Å². The molecule has 0 radical (unpaired) electrons. The van der Waals surface area contributed by atoms with Crippen molar-refractivity contribution in [2.45, 2.75) is 0 Å². The molecular weight excluding hydrogens is 1410 g/mol. The highest BCUT2D eigenvalue weighted by Crippen LogP contribution is 2.44. The average molecular weight is 1480 g/mol. The Bertz CT molecular complexity index is 7460. The fourth-order valence-corrected chi connectivity index (χ4v) is 23.5. The fraction of sp³-hybridized carbons (Fsp3) is 0. The second kappa shape index (κ2) is 27.8. The van der Waals surface area contributed by atoms with Gasteiger partial charge in [0.15, 0.2) is 8.07 Å². The van der Waals surface area contributed by atoms with Crippen LogP contribution in [-0.2, 0) is 0 Å². The quantitative estimate of drug-likeness (QED) is 0.0858. The summed E-state index contributed by atoms with van der Waals surface area (Å²) in [5, 5.41) is 20.7. The first-order chi connectivity index (χ1) is 57.1. The minimum Gasteiger partial charge on any atom is -0.309 e. The summed E-state index contributed by atoms with van der Waals surface area (Å²) in [7, 11) is -2.73. The molecule has 5 heteroatoms. The van der Waals surface area contributed by atoms with Gasteiger partial charge in [-0.2, -0.15) is 0 Å². The molecule has 0 aliphatic rings. The van der Waals surface area contributed by atoms with Crippen LogP contribution in [0.3, 0.4) is 0 Å². The Morgan fingerprint density at radius 1 is 0.139 bits per heavy atom. The first-order valence-electron chi connectivity index (χ1n) is 39.7. The zero-order valence-electron chi connectivity index (χ0n) is 63.0. The van der Waals surface area contributed by atoms with E-state index in [0.29, 0.717) is 0 Å². The van der Waals surface area contributed by atoms with Crippen LogP contribution < -0.4 is 20.7 Å². The monoisotopic (exact) mass is 1480 g/mol. The van der Waals surface area contributed by atoms with Gasteiger partial charge in [0.2, 0.25) is 0 Å². The second-order valence-corrected chi connectivity index (χ2v) is 34.0. The lowest BCUT2D eigenvalue weighted by molar-refractivity contribution is 1.18. The summed E-state index contributed by atoms with van der Waals surface area (Å²) in [4.78, 5) is 0. The third-order valence-electron chi connectivity index (χ3n) is 24.0. The Balaban J connectivity index is 0.000000151. The second-order valence-electron chi connectivity index (χ2n) is 30.2. The Hall–Kier alpha value is -14.9. The Morgan fingerprint density at radius 3 is 0.809 bits per heavy atom. The van der Waals surface area contributed by atoms with E-state index < -0.39 is 8.07 Å². The van der Waals surface area contributed by atoms with Gasteiger partial charge in [-0.05, 0) is 202 Å². The van der Waals surface area contributed by atoms with Gasteiger partial charge < -0.3 is 18.3 Å². The normalized spacial score (nSPS) is 11.8. The molecule has 0 amide bonds. The number of rotatable bonds is 12. The maximum Gasteiger partial charge on any atom is 0.179 e. The molecule has 4 aromatic heterocycles. The minimum atomic E-state index is -2.73. The summed E-state index contributed by atoms with van der Waals surface area (Å²) >= 11 is 0. The topological polar surface area (TPSA) is 19.7 Å². The molecule has 0 aliphatic heterocycles. The Morgan fingerprint density at radius 2 is 0.400 bits per heavy atom. The zero-order valence-corrected chi connectivity index (χ0v) is 64.0. The van der Waals surface area contributed by atoms with E-state index in [-0.39, 0.29) is 0 Å². The van der Waals surface area contributed by atoms with E-state index in [2.05, 4.69) is 467 Å². The van der Waals surface area contributed by atoms with Gasteiger partial charge in [-0.15, -0.1) is 0 Å². The molecule has 538 valence electrons. The highest BCUT2D eigenvalue weighted by molar-refractivity contribution is 7.20. The fourth-order valence-electron chi connectivity index (χ4n) is 18.7. The molecule has 115 heavy (non-hydrogen) atoms. The molecule has 19 aromatic carbocycles. The van der Waals surface area contributed by atoms with Crippen LogP contribution in [0.25, 0.3) is 176 Å². The van der Waals surface area contributed by atoms with E-state index in [0.717, 1.165) is 17.1 Å². The smallest absolute Gasteiger partial charge is 0.179 e. The third kappa shape index (κ3) is 11.2. The van der Waals surface area contributed by atoms with E-state index in [9.17, 15) is 0 Å². The molecule has 0 fully saturated rings. The molecule has 4 nitrogen and oxygen atoms in total. The molecule has 0 unspecified atom stereocenters. The molecule has 0 atom stereocenters. The van der Waals surface area contributed by atoms with E-state index >= 15 is 0 Å². The first-order valence-corrected chi connectivity index (χ1v) is 41.7. The van der Waals surface area contributed by atoms with Gasteiger partial charge in [-0.1, -0.05) is 334 Å². The third-order valence-corrected chi connectivity index (χ3v) is 28.8. The van der Waals surface area contributed by atoms with Gasteiger partial charge in [0.1, 0.15) is 0 Å². The number of hydrogen-bond acceptors (Lipinski definition) is 0. The zero-order chi connectivity index (χ0) is 75.9. The minimum absolute atomic E-state index is 1.16. The van der Waals surface area contributed by atoms with Crippen LogP contribution in [0.4, 0.5) is 0 Å². The molecule has 23 aromatic rings. The van der Waals surface area contributed by atoms with Gasteiger partial charge in [-0.3, -0.25) is 0 Å². The van der Waals surface area contributed by atoms with Crippen molar-refractivity contribution >= 4 is 138 Å². The number of aromatic nitrogens is 4. The molecule has 0 N–H and O–H groups in total. The van der Waals surface area contributed by atoms with Crippen molar-refractivity contribution in [3.63, 3.8) is 0 Å². The first kappa shape index (κ1) is 67.0. The highest BCUT2D eigenvalue weighted by atomic mass is 28.3. The number of fused-ring (bicyclic) bond motifs is 16. The maximum absolute atomic E-state index is 2.73. The predicted octanol–water partition coefficient (Wildman–Crippen LogP) is 26.1. The van der Waals surface area contributed by atoms with Gasteiger partial charge in [-0.25, -0.2) is 0 Å². The molecule has 0 saturated carbocycles. The molecule has 23 rings (SSSR count). The van der Waals surface area contributed by atoms with Crippen molar-refractivity contribution in [3.8, 4) is 67.3 Å². The van der Waals surface area contributed by atoms with Crippen LogP contribution in [0, 0.1) is 0 Å². The van der Waals surface area contributed by atoms with Crippen molar-refractivity contribution < 1.29 is 0 Å². The summed E-state index contributed by atoms with van der Waals surface area (Å²) in [6.45, 7) is 0. The standard InChI is InChI=1S/C66H46N2Si.C44H28N2/c1-5-18-47(19-6-1)48-36-40-53(41-37-48)67-63-30-15-13-28-59(63)61-44-51(38-42-65(61)67)49-32-34-50(35-33-49)52-39-43-66-62(45-52)60-29-14-16-31-64(60)68(66)54-20-17-27-58(46-54)69(55-21-7-2-8-22-55,56-23-9-3-10-24-56)57-25-11-4-12-26-57;1-2-12-33(13-3-1)45-39-17-9-8-16-37(39)38-28-32(22-25-40(38)45)29-18-23-34(24-19-29)46-41-26-20-30-10-4-6-14-35(30)43(41)44-36-15-7-5-11-31(36)21-27-42(44)46/h1-46H;1-28H. The van der Waals surface area contributed by atoms with Crippen LogP contribution in [0.2, 0.25) is 0 Å². The number of nitrogens with zero attached hydrogens (tertiary/aromatic N) is 4. The molecule has 0 bridgehead atoms. The van der Waals surface area contributed by atoms with Gasteiger partial charge >= 0.3 is 0 Å². The predicted molar refractivity (Wildman–Crippen MR) is 491 cm³/mol. The number of benzene rings is 19. The van der Waals surface area contributed by atoms with Crippen LogP contribution in [0.5, 0.6) is 0 Å². The van der Waals surface area contributed by atoms with Gasteiger partial charge in [0, 0.05) is 65.8 Å². The summed E-state index contributed by atoms with van der Waals surface area (Å²) in [6, 6.07) is 165. The van der Waals surface area contributed by atoms with Crippen molar-refractivity contribution in [2.24, 2.45) is 0 Å². The summed E-state index contributed by atoms with van der Waals surface area (Å²) in [5.74, 6) is 0. The van der Waals surface area contributed by atoms with Crippen molar-refractivity contribution in [1.82, 2.24) is 18.3 Å². The van der Waals surface area contributed by atoms with Crippen molar-refractivity contribution in [1.29, 1.82) is 0 Å². The molecule has 0 saturated heterocycles. The van der Waals surface area contributed by atoms with Crippen LogP contribution in [0.1, 0.15) is 0 Å². The van der Waals surface area contributed by atoms with Gasteiger partial charge in [0.05, 0.1) is 44.1 Å². The molecular formula is C110H74N4Si. The van der Waals surface area contributed by atoms with Crippen LogP contribution in [0.15, 0.2) is 449 Å². The molecule has 0 spiro atoms.